The zero-order valence-corrected chi connectivity index (χ0v) is 34.4. The third kappa shape index (κ3) is 50.6. The van der Waals surface area contributed by atoms with Gasteiger partial charge in [-0.2, -0.15) is 0 Å². The Morgan fingerprint density at radius 2 is 0.635 bits per heavy atom. The number of hydrogen-bond donors (Lipinski definition) is 4. The third-order valence-electron chi connectivity index (χ3n) is 6.85. The molecule has 14 heteroatoms. The summed E-state index contributed by atoms with van der Waals surface area (Å²) in [6.07, 6.45) is 2.82. The van der Waals surface area contributed by atoms with Crippen molar-refractivity contribution in [3.8, 4) is 0 Å². The van der Waals surface area contributed by atoms with Gasteiger partial charge in [0.2, 0.25) is 11.8 Å². The molecule has 0 saturated heterocycles. The van der Waals surface area contributed by atoms with Crippen molar-refractivity contribution in [3.63, 3.8) is 0 Å². The van der Waals surface area contributed by atoms with E-state index in [0.29, 0.717) is 142 Å². The van der Waals surface area contributed by atoms with Gasteiger partial charge in [0, 0.05) is 64.3 Å². The molecule has 52 heavy (non-hydrogen) atoms. The van der Waals surface area contributed by atoms with Crippen molar-refractivity contribution in [2.75, 3.05) is 132 Å². The van der Waals surface area contributed by atoms with E-state index in [9.17, 15) is 9.59 Å². The van der Waals surface area contributed by atoms with E-state index in [2.05, 4.69) is 76.7 Å². The number of ether oxygens (including phenoxy) is 8. The number of rotatable bonds is 38. The van der Waals surface area contributed by atoms with E-state index >= 15 is 0 Å². The van der Waals surface area contributed by atoms with Gasteiger partial charge >= 0.3 is 0 Å². The molecule has 0 aromatic heterocycles. The normalized spacial score (nSPS) is 11.5. The van der Waals surface area contributed by atoms with E-state index in [1.54, 1.807) is 0 Å². The Kier molecular flexibility index (Phi) is 42.8. The van der Waals surface area contributed by atoms with Crippen LogP contribution in [0.4, 0.5) is 0 Å². The highest BCUT2D eigenvalue weighted by molar-refractivity contribution is 5.76. The largest absolute Gasteiger partial charge is 0.380 e. The molecule has 0 radical (unpaired) electrons. The van der Waals surface area contributed by atoms with Crippen LogP contribution in [0.1, 0.15) is 81.1 Å². The minimum absolute atomic E-state index is 0.000452. The number of carbonyl (C=O) groups excluding carboxylic acids is 2. The summed E-state index contributed by atoms with van der Waals surface area (Å²) in [6, 6.07) is 0.964. The van der Waals surface area contributed by atoms with Crippen molar-refractivity contribution in [2.24, 2.45) is 11.8 Å². The summed E-state index contributed by atoms with van der Waals surface area (Å²) in [5.41, 5.74) is 0. The van der Waals surface area contributed by atoms with Crippen molar-refractivity contribution < 1.29 is 47.5 Å². The van der Waals surface area contributed by atoms with E-state index in [0.717, 1.165) is 39.1 Å². The lowest BCUT2D eigenvalue weighted by atomic mass is 10.1. The molecule has 14 nitrogen and oxygen atoms in total. The van der Waals surface area contributed by atoms with Crippen LogP contribution in [0.5, 0.6) is 0 Å². The van der Waals surface area contributed by atoms with Crippen LogP contribution >= 0.6 is 0 Å². The Hall–Kier alpha value is -1.46. The standard InChI is InChI=1S/C21H44N2O6.C17H36N2O4/c1-19(2)5-9-25-12-8-23-21(24)6-10-26-13-15-28-17-18-29-16-14-27-11-7-22-20(3)4;1-15(2)5-9-21-12-8-19-17(20)6-10-22-13-14-23-11-7-18-16(3)4/h19-20,22H,5-18H2,1-4H3,(H,23,24);15-16,18H,5-14H2,1-4H3,(H,19,20). The second-order valence-corrected chi connectivity index (χ2v) is 13.7. The Morgan fingerprint density at radius 3 is 0.942 bits per heavy atom. The van der Waals surface area contributed by atoms with Gasteiger partial charge in [-0.15, -0.1) is 0 Å². The minimum Gasteiger partial charge on any atom is -0.380 e. The second kappa shape index (κ2) is 42.3. The number of carbonyl (C=O) groups is 2. The molecule has 0 heterocycles. The molecule has 0 saturated carbocycles. The molecule has 2 amide bonds. The van der Waals surface area contributed by atoms with E-state index in [1.807, 2.05) is 0 Å². The van der Waals surface area contributed by atoms with E-state index in [4.69, 9.17) is 37.9 Å². The van der Waals surface area contributed by atoms with E-state index < -0.39 is 0 Å². The first-order chi connectivity index (χ1) is 25.0. The summed E-state index contributed by atoms with van der Waals surface area (Å²) >= 11 is 0. The van der Waals surface area contributed by atoms with Crippen molar-refractivity contribution in [3.05, 3.63) is 0 Å². The minimum atomic E-state index is -0.0195. The van der Waals surface area contributed by atoms with Crippen molar-refractivity contribution >= 4 is 11.8 Å². The lowest BCUT2D eigenvalue weighted by Crippen LogP contribution is -2.28. The molecule has 0 fully saturated rings. The summed E-state index contributed by atoms with van der Waals surface area (Å²) in [4.78, 5) is 23.2. The average molecular weight is 753 g/mol. The molecule has 0 aliphatic rings. The zero-order valence-electron chi connectivity index (χ0n) is 34.4. The fraction of sp³-hybridized carbons (Fsp3) is 0.947. The van der Waals surface area contributed by atoms with Gasteiger partial charge in [0.1, 0.15) is 0 Å². The van der Waals surface area contributed by atoms with Crippen LogP contribution in [0.3, 0.4) is 0 Å². The van der Waals surface area contributed by atoms with Crippen molar-refractivity contribution in [1.29, 1.82) is 0 Å². The number of hydrogen-bond acceptors (Lipinski definition) is 12. The first kappa shape index (κ1) is 52.6. The molecule has 4 N–H and O–H groups in total. The Balaban J connectivity index is 0. The molecule has 0 aromatic rings. The Labute approximate surface area is 317 Å². The predicted molar refractivity (Wildman–Crippen MR) is 207 cm³/mol. The highest BCUT2D eigenvalue weighted by atomic mass is 16.6. The van der Waals surface area contributed by atoms with Crippen LogP contribution < -0.4 is 21.3 Å². The van der Waals surface area contributed by atoms with Crippen molar-refractivity contribution in [1.82, 2.24) is 21.3 Å². The molecule has 0 atom stereocenters. The lowest BCUT2D eigenvalue weighted by Gasteiger charge is -2.09. The summed E-state index contributed by atoms with van der Waals surface area (Å²) in [5.74, 6) is 1.27. The molecular formula is C38H80N4O10. The topological polar surface area (TPSA) is 156 Å². The van der Waals surface area contributed by atoms with Crippen LogP contribution in [-0.4, -0.2) is 156 Å². The molecule has 0 aromatic carbocycles. The fourth-order valence-corrected chi connectivity index (χ4v) is 3.80. The highest BCUT2D eigenvalue weighted by Gasteiger charge is 2.03. The van der Waals surface area contributed by atoms with Gasteiger partial charge in [0.25, 0.3) is 0 Å². The lowest BCUT2D eigenvalue weighted by molar-refractivity contribution is -0.123. The van der Waals surface area contributed by atoms with Crippen LogP contribution in [0.25, 0.3) is 0 Å². The Bertz CT molecular complexity index is 749. The first-order valence-electron chi connectivity index (χ1n) is 19.7. The predicted octanol–water partition coefficient (Wildman–Crippen LogP) is 3.21. The molecule has 0 unspecified atom stereocenters. The van der Waals surface area contributed by atoms with Gasteiger partial charge in [-0.3, -0.25) is 9.59 Å². The maximum absolute atomic E-state index is 11.6. The zero-order chi connectivity index (χ0) is 38.9. The number of amides is 2. The smallest absolute Gasteiger partial charge is 0.222 e. The van der Waals surface area contributed by atoms with E-state index in [1.165, 1.54) is 0 Å². The summed E-state index contributed by atoms with van der Waals surface area (Å²) < 4.78 is 43.3. The molecule has 0 aliphatic heterocycles. The van der Waals surface area contributed by atoms with Crippen molar-refractivity contribution in [2.45, 2.75) is 93.2 Å². The molecular weight excluding hydrogens is 672 g/mol. The summed E-state index contributed by atoms with van der Waals surface area (Å²) in [7, 11) is 0. The average Bonchev–Trinajstić information content (AvgIpc) is 3.08. The van der Waals surface area contributed by atoms with Gasteiger partial charge in [0.05, 0.1) is 92.5 Å². The first-order valence-corrected chi connectivity index (χ1v) is 19.7. The SMILES string of the molecule is CC(C)CCOCCNC(=O)CCOCCOCCNC(C)C.CC(C)CCOCCNC(=O)CCOCCOCCOCCOCCNC(C)C. The molecule has 312 valence electrons. The van der Waals surface area contributed by atoms with Crippen LogP contribution in [0.15, 0.2) is 0 Å². The van der Waals surface area contributed by atoms with E-state index in [-0.39, 0.29) is 11.8 Å². The molecule has 0 bridgehead atoms. The summed E-state index contributed by atoms with van der Waals surface area (Å²) in [5, 5.41) is 12.2. The van der Waals surface area contributed by atoms with Gasteiger partial charge in [-0.05, 0) is 24.7 Å². The van der Waals surface area contributed by atoms with Crippen LogP contribution in [0.2, 0.25) is 0 Å². The fourth-order valence-electron chi connectivity index (χ4n) is 3.80. The number of nitrogens with one attached hydrogen (secondary N) is 4. The molecule has 0 rings (SSSR count). The second-order valence-electron chi connectivity index (χ2n) is 13.7. The molecule has 0 aliphatic carbocycles. The highest BCUT2D eigenvalue weighted by Crippen LogP contribution is 1.99. The summed E-state index contributed by atoms with van der Waals surface area (Å²) in [6.45, 7) is 29.0. The van der Waals surface area contributed by atoms with Gasteiger partial charge < -0.3 is 59.2 Å². The third-order valence-corrected chi connectivity index (χ3v) is 6.85. The quantitative estimate of drug-likeness (QED) is 0.0685. The van der Waals surface area contributed by atoms with Gasteiger partial charge in [-0.25, -0.2) is 0 Å². The van der Waals surface area contributed by atoms with Crippen LogP contribution in [0, 0.1) is 11.8 Å². The molecule has 0 spiro atoms. The maximum Gasteiger partial charge on any atom is 0.222 e. The Morgan fingerprint density at radius 1 is 0.365 bits per heavy atom. The maximum atomic E-state index is 11.6. The van der Waals surface area contributed by atoms with Crippen LogP contribution in [-0.2, 0) is 47.5 Å². The monoisotopic (exact) mass is 753 g/mol. The van der Waals surface area contributed by atoms with Gasteiger partial charge in [0.15, 0.2) is 0 Å². The van der Waals surface area contributed by atoms with Gasteiger partial charge in [-0.1, -0.05) is 55.4 Å².